The Hall–Kier alpha value is -3.20. The van der Waals surface area contributed by atoms with Crippen LogP contribution >= 0.6 is 11.3 Å². The van der Waals surface area contributed by atoms with Crippen LogP contribution in [0.1, 0.15) is 43.2 Å². The lowest BCUT2D eigenvalue weighted by atomic mass is 9.95. The van der Waals surface area contributed by atoms with Gasteiger partial charge >= 0.3 is 0 Å². The number of methoxy groups -OCH3 is 1. The molecule has 0 bridgehead atoms. The number of nitriles is 1. The van der Waals surface area contributed by atoms with E-state index >= 15 is 0 Å². The summed E-state index contributed by atoms with van der Waals surface area (Å²) in [5.41, 5.74) is 5.06. The SMILES string of the molecule is COCN(c1onc(C)c1C)S(=O)(=O)c1ccsc1C(=O)Nc1c(C)cc(C)c(CC#N)c1C. The molecule has 0 atom stereocenters. The van der Waals surface area contributed by atoms with E-state index in [0.717, 1.165) is 37.9 Å². The summed E-state index contributed by atoms with van der Waals surface area (Å²) in [6.07, 6.45) is 0.210. The molecular formula is C23H26N4O5S2. The summed E-state index contributed by atoms with van der Waals surface area (Å²) in [4.78, 5) is 13.1. The first-order valence-corrected chi connectivity index (χ1v) is 12.7. The zero-order valence-corrected chi connectivity index (χ0v) is 21.5. The van der Waals surface area contributed by atoms with Gasteiger partial charge in [-0.05, 0) is 68.3 Å². The van der Waals surface area contributed by atoms with Crippen molar-refractivity contribution in [3.63, 3.8) is 0 Å². The van der Waals surface area contributed by atoms with Crippen LogP contribution in [0.15, 0.2) is 26.9 Å². The monoisotopic (exact) mass is 502 g/mol. The largest absolute Gasteiger partial charge is 0.363 e. The minimum atomic E-state index is -4.21. The number of sulfonamides is 1. The normalized spacial score (nSPS) is 11.3. The van der Waals surface area contributed by atoms with Crippen molar-refractivity contribution in [2.45, 2.75) is 45.9 Å². The lowest BCUT2D eigenvalue weighted by molar-refractivity contribution is 0.102. The van der Waals surface area contributed by atoms with Crippen LogP contribution in [0.3, 0.4) is 0 Å². The van der Waals surface area contributed by atoms with Crippen LogP contribution in [0, 0.1) is 45.9 Å². The van der Waals surface area contributed by atoms with Crippen molar-refractivity contribution >= 4 is 38.8 Å². The average Bonchev–Trinajstić information content (AvgIpc) is 3.40. The van der Waals surface area contributed by atoms with Crippen LogP contribution in [0.4, 0.5) is 11.6 Å². The highest BCUT2D eigenvalue weighted by Crippen LogP contribution is 2.33. The van der Waals surface area contributed by atoms with Crippen LogP contribution in [-0.4, -0.2) is 33.3 Å². The number of hydrogen-bond acceptors (Lipinski definition) is 8. The second kappa shape index (κ2) is 9.97. The van der Waals surface area contributed by atoms with Crippen molar-refractivity contribution in [1.82, 2.24) is 5.16 Å². The molecule has 0 saturated heterocycles. The molecule has 0 saturated carbocycles. The highest BCUT2D eigenvalue weighted by Gasteiger charge is 2.34. The van der Waals surface area contributed by atoms with Crippen LogP contribution < -0.4 is 9.62 Å². The van der Waals surface area contributed by atoms with Gasteiger partial charge in [-0.15, -0.1) is 11.3 Å². The van der Waals surface area contributed by atoms with E-state index in [1.165, 1.54) is 13.2 Å². The van der Waals surface area contributed by atoms with Crippen LogP contribution in [-0.2, 0) is 21.2 Å². The molecule has 3 rings (SSSR count). The predicted octanol–water partition coefficient (Wildman–Crippen LogP) is 4.40. The van der Waals surface area contributed by atoms with E-state index in [1.54, 1.807) is 19.2 Å². The highest BCUT2D eigenvalue weighted by atomic mass is 32.2. The third-order valence-electron chi connectivity index (χ3n) is 5.63. The molecule has 9 nitrogen and oxygen atoms in total. The van der Waals surface area contributed by atoms with E-state index in [0.29, 0.717) is 16.9 Å². The third-order valence-corrected chi connectivity index (χ3v) is 8.42. The maximum Gasteiger partial charge on any atom is 0.270 e. The van der Waals surface area contributed by atoms with Gasteiger partial charge in [0.05, 0.1) is 18.2 Å². The Morgan fingerprint density at radius 2 is 1.94 bits per heavy atom. The summed E-state index contributed by atoms with van der Waals surface area (Å²) in [7, 11) is -2.85. The number of rotatable bonds is 8. The van der Waals surface area contributed by atoms with E-state index in [9.17, 15) is 13.2 Å². The van der Waals surface area contributed by atoms with Gasteiger partial charge in [0.25, 0.3) is 15.9 Å². The Balaban J connectivity index is 2.03. The highest BCUT2D eigenvalue weighted by molar-refractivity contribution is 7.93. The molecule has 2 aromatic heterocycles. The zero-order valence-electron chi connectivity index (χ0n) is 19.8. The Kier molecular flexibility index (Phi) is 7.45. The maximum absolute atomic E-state index is 13.6. The number of carbonyl (C=O) groups excluding carboxylic acids is 1. The first-order chi connectivity index (χ1) is 16.0. The van der Waals surface area contributed by atoms with Crippen molar-refractivity contribution in [1.29, 1.82) is 5.26 Å². The first-order valence-electron chi connectivity index (χ1n) is 10.3. The molecule has 0 aliphatic heterocycles. The molecule has 3 aromatic rings. The molecule has 0 unspecified atom stereocenters. The van der Waals surface area contributed by atoms with E-state index < -0.39 is 15.9 Å². The maximum atomic E-state index is 13.6. The van der Waals surface area contributed by atoms with E-state index in [4.69, 9.17) is 14.5 Å². The Labute approximate surface area is 203 Å². The molecule has 0 radical (unpaired) electrons. The van der Waals surface area contributed by atoms with Crippen LogP contribution in [0.25, 0.3) is 0 Å². The number of benzene rings is 1. The molecule has 0 aliphatic rings. The zero-order chi connectivity index (χ0) is 25.2. The summed E-state index contributed by atoms with van der Waals surface area (Å²) in [6, 6.07) is 5.43. The van der Waals surface area contributed by atoms with Crippen molar-refractivity contribution in [3.05, 3.63) is 55.9 Å². The summed E-state index contributed by atoms with van der Waals surface area (Å²) < 4.78 is 38.5. The van der Waals surface area contributed by atoms with Gasteiger partial charge in [-0.1, -0.05) is 11.2 Å². The minimum Gasteiger partial charge on any atom is -0.363 e. The number of nitrogens with one attached hydrogen (secondary N) is 1. The molecule has 1 aromatic carbocycles. The quantitative estimate of drug-likeness (QED) is 0.453. The van der Waals surface area contributed by atoms with Crippen molar-refractivity contribution in [2.24, 2.45) is 0 Å². The van der Waals surface area contributed by atoms with Crippen molar-refractivity contribution < 1.29 is 22.5 Å². The molecule has 1 N–H and O–H groups in total. The van der Waals surface area contributed by atoms with Gasteiger partial charge in [-0.25, -0.2) is 12.7 Å². The summed E-state index contributed by atoms with van der Waals surface area (Å²) in [6.45, 7) is 8.69. The topological polar surface area (TPSA) is 126 Å². The number of amides is 1. The van der Waals surface area contributed by atoms with Crippen molar-refractivity contribution in [3.8, 4) is 6.07 Å². The first kappa shape index (κ1) is 25.4. The van der Waals surface area contributed by atoms with Gasteiger partial charge in [0.15, 0.2) is 0 Å². The fourth-order valence-corrected chi connectivity index (χ4v) is 6.38. The van der Waals surface area contributed by atoms with Gasteiger partial charge < -0.3 is 14.6 Å². The number of hydrogen-bond donors (Lipinski definition) is 1. The molecule has 11 heteroatoms. The molecule has 2 heterocycles. The number of thiophene rings is 1. The molecule has 180 valence electrons. The molecule has 1 amide bonds. The number of ether oxygens (including phenoxy) is 1. The standard InChI is InChI=1S/C23H26N4O5S2/c1-13-11-14(2)20(16(4)18(13)7-9-24)25-22(28)21-19(8-10-33-21)34(29,30)27(12-31-6)23-15(3)17(5)26-32-23/h8,10-11H,7,12H2,1-6H3,(H,25,28). The third kappa shape index (κ3) is 4.57. The minimum absolute atomic E-state index is 0.0243. The lowest BCUT2D eigenvalue weighted by Gasteiger charge is -2.21. The van der Waals surface area contributed by atoms with E-state index in [2.05, 4.69) is 16.5 Å². The van der Waals surface area contributed by atoms with Crippen LogP contribution in [0.5, 0.6) is 0 Å². The smallest absolute Gasteiger partial charge is 0.270 e. The summed E-state index contributed by atoms with van der Waals surface area (Å²) in [5, 5.41) is 17.4. The van der Waals surface area contributed by atoms with Gasteiger partial charge in [0.1, 0.15) is 16.5 Å². The average molecular weight is 503 g/mol. The number of aromatic nitrogens is 1. The lowest BCUT2D eigenvalue weighted by Crippen LogP contribution is -2.34. The predicted molar refractivity (Wildman–Crippen MR) is 130 cm³/mol. The van der Waals surface area contributed by atoms with Gasteiger partial charge in [0, 0.05) is 18.4 Å². The van der Waals surface area contributed by atoms with Crippen molar-refractivity contribution in [2.75, 3.05) is 23.5 Å². The molecule has 0 aliphatic carbocycles. The summed E-state index contributed by atoms with van der Waals surface area (Å²) >= 11 is 1.02. The molecule has 34 heavy (non-hydrogen) atoms. The number of aryl methyl sites for hydroxylation is 3. The molecule has 0 spiro atoms. The van der Waals surface area contributed by atoms with E-state index in [1.807, 2.05) is 26.8 Å². The fourth-order valence-electron chi connectivity index (χ4n) is 3.72. The van der Waals surface area contributed by atoms with Crippen LogP contribution in [0.2, 0.25) is 0 Å². The Morgan fingerprint density at radius 1 is 1.24 bits per heavy atom. The summed E-state index contributed by atoms with van der Waals surface area (Å²) in [5.74, 6) is -0.530. The van der Waals surface area contributed by atoms with Gasteiger partial charge in [-0.2, -0.15) is 5.26 Å². The molecular weight excluding hydrogens is 476 g/mol. The van der Waals surface area contributed by atoms with Gasteiger partial charge in [0.2, 0.25) is 5.88 Å². The number of nitrogens with zero attached hydrogens (tertiary/aromatic N) is 3. The Bertz CT molecular complexity index is 1380. The fraction of sp³-hybridized carbons (Fsp3) is 0.348. The van der Waals surface area contributed by atoms with Gasteiger partial charge in [-0.3, -0.25) is 4.79 Å². The van der Waals surface area contributed by atoms with E-state index in [-0.39, 0.29) is 28.8 Å². The Morgan fingerprint density at radius 3 is 2.53 bits per heavy atom. The number of carbonyl (C=O) groups is 1. The second-order valence-corrected chi connectivity index (χ2v) is 10.6. The molecule has 0 fully saturated rings. The number of anilines is 2. The second-order valence-electron chi connectivity index (χ2n) is 7.86.